The minimum absolute atomic E-state index is 0.0521. The number of carbonyl (C=O) groups excluding carboxylic acids is 5. The number of amides is 5. The highest BCUT2D eigenvalue weighted by atomic mass is 16.6. The number of benzene rings is 2. The zero-order valence-corrected chi connectivity index (χ0v) is 26.7. The van der Waals surface area contributed by atoms with Gasteiger partial charge in [0.05, 0.1) is 17.5 Å². The van der Waals surface area contributed by atoms with Crippen LogP contribution >= 0.6 is 0 Å². The van der Waals surface area contributed by atoms with Crippen LogP contribution in [0.3, 0.4) is 0 Å². The molecule has 18 nitrogen and oxygen atoms in total. The molecule has 3 rings (SSSR count). The molecule has 0 spiro atoms. The molecule has 1 heterocycles. The molecule has 0 radical (unpaired) electrons. The van der Waals surface area contributed by atoms with Gasteiger partial charge in [0, 0.05) is 31.6 Å². The van der Waals surface area contributed by atoms with Gasteiger partial charge >= 0.3 is 0 Å². The van der Waals surface area contributed by atoms with Crippen LogP contribution < -0.4 is 38.9 Å². The van der Waals surface area contributed by atoms with Crippen molar-refractivity contribution in [2.45, 2.75) is 62.7 Å². The zero-order chi connectivity index (χ0) is 36.1. The van der Waals surface area contributed by atoms with Gasteiger partial charge in [0.2, 0.25) is 29.5 Å². The first-order valence-corrected chi connectivity index (χ1v) is 15.5. The molecule has 2 aromatic rings. The van der Waals surface area contributed by atoms with E-state index in [1.807, 2.05) is 0 Å². The SMILES string of the molecule is NC(=O)[C@@H]1CCCN1C(=O)[C@H](Cc1ccc([N+](=O)[O-])cc1)NC(=O)CNC(=O)[C@H](CCCN=C(N)N)NC(=O)[C@@H](N)Cc1ccc(O)cc1. The van der Waals surface area contributed by atoms with Gasteiger partial charge in [-0.15, -0.1) is 0 Å². The summed E-state index contributed by atoms with van der Waals surface area (Å²) in [5.41, 5.74) is 23.3. The summed E-state index contributed by atoms with van der Waals surface area (Å²) in [6.45, 7) is -0.175. The van der Waals surface area contributed by atoms with Gasteiger partial charge in [-0.2, -0.15) is 0 Å². The van der Waals surface area contributed by atoms with Gasteiger partial charge in [-0.1, -0.05) is 24.3 Å². The summed E-state index contributed by atoms with van der Waals surface area (Å²) in [5, 5.41) is 28.2. The van der Waals surface area contributed by atoms with Crippen LogP contribution in [0, 0.1) is 10.1 Å². The number of carbonyl (C=O) groups is 5. The van der Waals surface area contributed by atoms with Crippen LogP contribution in [0.25, 0.3) is 0 Å². The molecule has 1 fully saturated rings. The Morgan fingerprint density at radius 3 is 2.18 bits per heavy atom. The fourth-order valence-corrected chi connectivity index (χ4v) is 5.28. The minimum atomic E-state index is -1.20. The molecule has 2 aromatic carbocycles. The molecule has 0 unspecified atom stereocenters. The average molecular weight is 683 g/mol. The maximum Gasteiger partial charge on any atom is 0.269 e. The van der Waals surface area contributed by atoms with Crippen molar-refractivity contribution in [3.8, 4) is 5.75 Å². The molecule has 49 heavy (non-hydrogen) atoms. The quantitative estimate of drug-likeness (QED) is 0.0297. The molecule has 0 aromatic heterocycles. The van der Waals surface area contributed by atoms with E-state index >= 15 is 0 Å². The van der Waals surface area contributed by atoms with Gasteiger partial charge in [0.15, 0.2) is 5.96 Å². The fraction of sp³-hybridized carbons (Fsp3) is 0.419. The van der Waals surface area contributed by atoms with Crippen molar-refractivity contribution >= 4 is 41.2 Å². The Hall–Kier alpha value is -5.78. The van der Waals surface area contributed by atoms with Gasteiger partial charge in [-0.25, -0.2) is 0 Å². The van der Waals surface area contributed by atoms with Gasteiger partial charge < -0.3 is 48.9 Å². The van der Waals surface area contributed by atoms with Crippen molar-refractivity contribution in [2.75, 3.05) is 19.6 Å². The van der Waals surface area contributed by atoms with Crippen LogP contribution in [0.4, 0.5) is 5.69 Å². The number of aliphatic imine (C=N–C) groups is 1. The molecule has 4 atom stereocenters. The van der Waals surface area contributed by atoms with Crippen molar-refractivity contribution in [3.63, 3.8) is 0 Å². The Morgan fingerprint density at radius 1 is 0.939 bits per heavy atom. The third kappa shape index (κ3) is 11.8. The van der Waals surface area contributed by atoms with E-state index in [1.54, 1.807) is 12.1 Å². The Morgan fingerprint density at radius 2 is 1.57 bits per heavy atom. The topological polar surface area (TPSA) is 304 Å². The lowest BCUT2D eigenvalue weighted by molar-refractivity contribution is -0.384. The summed E-state index contributed by atoms with van der Waals surface area (Å²) in [6.07, 6.45) is 1.33. The number of nitrogens with zero attached hydrogens (tertiary/aromatic N) is 3. The van der Waals surface area contributed by atoms with Crippen molar-refractivity contribution in [3.05, 3.63) is 69.8 Å². The highest BCUT2D eigenvalue weighted by Gasteiger charge is 2.37. The van der Waals surface area contributed by atoms with E-state index < -0.39 is 65.2 Å². The summed E-state index contributed by atoms with van der Waals surface area (Å²) in [7, 11) is 0. The van der Waals surface area contributed by atoms with Crippen LogP contribution in [0.5, 0.6) is 5.75 Å². The number of nitro groups is 1. The zero-order valence-electron chi connectivity index (χ0n) is 26.7. The molecule has 5 amide bonds. The normalized spacial score (nSPS) is 15.7. The number of phenolic OH excluding ortho intramolecular Hbond substituents is 1. The number of hydrogen-bond acceptors (Lipinski definition) is 10. The summed E-state index contributed by atoms with van der Waals surface area (Å²) < 4.78 is 0. The smallest absolute Gasteiger partial charge is 0.269 e. The molecular formula is C31H42N10O8. The van der Waals surface area contributed by atoms with Crippen LogP contribution in [-0.2, 0) is 36.8 Å². The third-order valence-electron chi connectivity index (χ3n) is 7.81. The van der Waals surface area contributed by atoms with Gasteiger partial charge in [-0.3, -0.25) is 39.1 Å². The number of non-ortho nitro benzene ring substituents is 1. The van der Waals surface area contributed by atoms with E-state index in [1.165, 1.54) is 41.3 Å². The van der Waals surface area contributed by atoms with Crippen molar-refractivity contribution in [1.29, 1.82) is 0 Å². The Balaban J connectivity index is 1.69. The molecule has 0 bridgehead atoms. The number of nitrogens with one attached hydrogen (secondary N) is 3. The molecule has 1 saturated heterocycles. The largest absolute Gasteiger partial charge is 0.508 e. The molecule has 12 N–H and O–H groups in total. The lowest BCUT2D eigenvalue weighted by Gasteiger charge is -2.28. The van der Waals surface area contributed by atoms with Gasteiger partial charge in [0.25, 0.3) is 5.69 Å². The number of aromatic hydroxyl groups is 1. The van der Waals surface area contributed by atoms with E-state index in [2.05, 4.69) is 20.9 Å². The maximum atomic E-state index is 13.6. The lowest BCUT2D eigenvalue weighted by atomic mass is 10.0. The summed E-state index contributed by atoms with van der Waals surface area (Å²) in [4.78, 5) is 80.4. The van der Waals surface area contributed by atoms with Gasteiger partial charge in [0.1, 0.15) is 23.9 Å². The van der Waals surface area contributed by atoms with Crippen LogP contribution in [0.1, 0.15) is 36.8 Å². The second-order valence-electron chi connectivity index (χ2n) is 11.5. The van der Waals surface area contributed by atoms with Crippen molar-refractivity contribution in [2.24, 2.45) is 27.9 Å². The number of primary amides is 1. The Bertz CT molecular complexity index is 1530. The van der Waals surface area contributed by atoms with Crippen molar-refractivity contribution in [1.82, 2.24) is 20.9 Å². The van der Waals surface area contributed by atoms with Crippen LogP contribution in [0.2, 0.25) is 0 Å². The van der Waals surface area contributed by atoms with Crippen LogP contribution in [-0.4, -0.2) is 94.2 Å². The molecule has 18 heteroatoms. The minimum Gasteiger partial charge on any atom is -0.508 e. The molecule has 0 saturated carbocycles. The second kappa shape index (κ2) is 17.9. The first-order valence-electron chi connectivity index (χ1n) is 15.5. The monoisotopic (exact) mass is 682 g/mol. The van der Waals surface area contributed by atoms with E-state index in [4.69, 9.17) is 22.9 Å². The number of phenols is 1. The lowest BCUT2D eigenvalue weighted by Crippen LogP contribution is -2.56. The second-order valence-corrected chi connectivity index (χ2v) is 11.5. The fourth-order valence-electron chi connectivity index (χ4n) is 5.28. The number of guanidine groups is 1. The van der Waals surface area contributed by atoms with Crippen LogP contribution in [0.15, 0.2) is 53.5 Å². The summed E-state index contributed by atoms with van der Waals surface area (Å²) in [5.74, 6) is -3.46. The molecule has 1 aliphatic heterocycles. The Labute approximate surface area is 281 Å². The van der Waals surface area contributed by atoms with E-state index in [0.29, 0.717) is 30.4 Å². The standard InChI is InChI=1S/C31H42N10O8/c32-22(15-18-7-11-21(42)12-8-18)28(45)39-23(3-1-13-36-31(34)35)29(46)37-17-26(43)38-24(16-19-5-9-20(10-6-19)41(48)49)30(47)40-14-2-4-25(40)27(33)44/h5-12,22-25,42H,1-4,13-17,32H2,(H2,33,44)(H,37,46)(H,38,43)(H,39,45)(H4,34,35,36)/t22-,23-,24-,25-/m0/s1. The average Bonchev–Trinajstić information content (AvgIpc) is 3.56. The molecular weight excluding hydrogens is 640 g/mol. The predicted octanol–water partition coefficient (Wildman–Crippen LogP) is -1.97. The highest BCUT2D eigenvalue weighted by molar-refractivity contribution is 5.94. The van der Waals surface area contributed by atoms with Crippen molar-refractivity contribution < 1.29 is 34.0 Å². The molecule has 264 valence electrons. The number of rotatable bonds is 17. The summed E-state index contributed by atoms with van der Waals surface area (Å²) in [6, 6.07) is 7.33. The third-order valence-corrected chi connectivity index (χ3v) is 7.81. The van der Waals surface area contributed by atoms with Gasteiger partial charge in [-0.05, 0) is 55.4 Å². The number of hydrogen-bond donors (Lipinski definition) is 8. The highest BCUT2D eigenvalue weighted by Crippen LogP contribution is 2.20. The predicted molar refractivity (Wildman–Crippen MR) is 177 cm³/mol. The summed E-state index contributed by atoms with van der Waals surface area (Å²) >= 11 is 0. The van der Waals surface area contributed by atoms with E-state index in [-0.39, 0.29) is 49.7 Å². The maximum absolute atomic E-state index is 13.6. The number of likely N-dealkylation sites (tertiary alicyclic amines) is 1. The number of nitrogens with two attached hydrogens (primary N) is 4. The molecule has 1 aliphatic rings. The van der Waals surface area contributed by atoms with E-state index in [0.717, 1.165) is 0 Å². The molecule has 0 aliphatic carbocycles. The Kier molecular flexibility index (Phi) is 13.8. The first-order chi connectivity index (χ1) is 23.2. The first kappa shape index (κ1) is 37.7. The van der Waals surface area contributed by atoms with E-state index in [9.17, 15) is 39.2 Å². The number of nitro benzene ring substituents is 1.